The molecule has 1 aliphatic heterocycles. The lowest BCUT2D eigenvalue weighted by atomic mass is 10.0. The van der Waals surface area contributed by atoms with Crippen molar-refractivity contribution in [1.82, 2.24) is 5.32 Å². The Labute approximate surface area is 124 Å². The zero-order valence-corrected chi connectivity index (χ0v) is 12.7. The highest BCUT2D eigenvalue weighted by molar-refractivity contribution is 5.93. The largest absolute Gasteiger partial charge is 0.457 e. The standard InChI is InChI=1S/C16H21NO4/c1-16(2,3)21-15(19)17-8-4-5-11-6-7-13-12(9-11)10-20-14(13)18/h6-7,9H,4-5,8,10H2,1-3H3,(H,17,19). The fourth-order valence-electron chi connectivity index (χ4n) is 2.14. The fourth-order valence-corrected chi connectivity index (χ4v) is 2.14. The summed E-state index contributed by atoms with van der Waals surface area (Å²) >= 11 is 0. The Morgan fingerprint density at radius 3 is 2.86 bits per heavy atom. The van der Waals surface area contributed by atoms with Crippen molar-refractivity contribution in [3.05, 3.63) is 34.9 Å². The molecule has 1 aromatic carbocycles. The first-order valence-electron chi connectivity index (χ1n) is 7.11. The van der Waals surface area contributed by atoms with E-state index in [0.29, 0.717) is 18.7 Å². The minimum atomic E-state index is -0.476. The first-order chi connectivity index (χ1) is 9.85. The van der Waals surface area contributed by atoms with Crippen LogP contribution >= 0.6 is 0 Å². The number of nitrogens with one attached hydrogen (secondary N) is 1. The van der Waals surface area contributed by atoms with Gasteiger partial charge in [-0.1, -0.05) is 12.1 Å². The van der Waals surface area contributed by atoms with Gasteiger partial charge in [-0.05, 0) is 45.2 Å². The summed E-state index contributed by atoms with van der Waals surface area (Å²) in [5.74, 6) is -0.247. The monoisotopic (exact) mass is 291 g/mol. The molecule has 1 aromatic rings. The number of esters is 1. The van der Waals surface area contributed by atoms with Crippen LogP contribution in [0.1, 0.15) is 48.7 Å². The van der Waals surface area contributed by atoms with Crippen LogP contribution in [0.2, 0.25) is 0 Å². The molecule has 21 heavy (non-hydrogen) atoms. The number of ether oxygens (including phenoxy) is 2. The Morgan fingerprint density at radius 2 is 2.14 bits per heavy atom. The highest BCUT2D eigenvalue weighted by Crippen LogP contribution is 2.21. The summed E-state index contributed by atoms with van der Waals surface area (Å²) in [5.41, 5.74) is 2.26. The number of cyclic esters (lactones) is 1. The van der Waals surface area contributed by atoms with Crippen molar-refractivity contribution in [3.63, 3.8) is 0 Å². The van der Waals surface area contributed by atoms with Crippen molar-refractivity contribution in [3.8, 4) is 0 Å². The second kappa shape index (κ2) is 6.16. The Bertz CT molecular complexity index is 546. The summed E-state index contributed by atoms with van der Waals surface area (Å²) in [5, 5.41) is 2.73. The fraction of sp³-hybridized carbons (Fsp3) is 0.500. The van der Waals surface area contributed by atoms with Crippen molar-refractivity contribution in [2.75, 3.05) is 6.54 Å². The van der Waals surface area contributed by atoms with Gasteiger partial charge in [0.25, 0.3) is 0 Å². The molecule has 0 radical (unpaired) electrons. The maximum absolute atomic E-state index is 11.5. The van der Waals surface area contributed by atoms with E-state index in [9.17, 15) is 9.59 Å². The van der Waals surface area contributed by atoms with Crippen molar-refractivity contribution >= 4 is 12.1 Å². The van der Waals surface area contributed by atoms with Crippen LogP contribution in [0.25, 0.3) is 0 Å². The normalized spacial score (nSPS) is 13.6. The Kier molecular flexibility index (Phi) is 4.50. The lowest BCUT2D eigenvalue weighted by Crippen LogP contribution is -2.33. The van der Waals surface area contributed by atoms with Gasteiger partial charge in [-0.2, -0.15) is 0 Å². The molecule has 2 rings (SSSR count). The van der Waals surface area contributed by atoms with Crippen molar-refractivity contribution < 1.29 is 19.1 Å². The van der Waals surface area contributed by atoms with Gasteiger partial charge >= 0.3 is 12.1 Å². The maximum Gasteiger partial charge on any atom is 0.407 e. The predicted molar refractivity (Wildman–Crippen MR) is 78.1 cm³/mol. The topological polar surface area (TPSA) is 64.6 Å². The number of aryl methyl sites for hydroxylation is 1. The summed E-state index contributed by atoms with van der Waals surface area (Å²) in [6.45, 7) is 6.42. The average Bonchev–Trinajstić information content (AvgIpc) is 2.74. The molecule has 1 heterocycles. The van der Waals surface area contributed by atoms with E-state index in [1.54, 1.807) is 6.07 Å². The van der Waals surface area contributed by atoms with Gasteiger partial charge < -0.3 is 14.8 Å². The van der Waals surface area contributed by atoms with Gasteiger partial charge in [-0.3, -0.25) is 0 Å². The van der Waals surface area contributed by atoms with Crippen LogP contribution in [-0.4, -0.2) is 24.2 Å². The molecule has 0 unspecified atom stereocenters. The Balaban J connectivity index is 1.75. The number of carbonyl (C=O) groups is 2. The molecule has 0 atom stereocenters. The summed E-state index contributed by atoms with van der Waals surface area (Å²) in [4.78, 5) is 22.8. The molecular weight excluding hydrogens is 270 g/mol. The molecule has 114 valence electrons. The van der Waals surface area contributed by atoms with E-state index in [2.05, 4.69) is 5.32 Å². The van der Waals surface area contributed by atoms with Gasteiger partial charge in [0.15, 0.2) is 0 Å². The van der Waals surface area contributed by atoms with Gasteiger partial charge in [-0.15, -0.1) is 0 Å². The van der Waals surface area contributed by atoms with Crippen LogP contribution in [0.4, 0.5) is 4.79 Å². The molecule has 5 nitrogen and oxygen atoms in total. The Morgan fingerprint density at radius 1 is 1.38 bits per heavy atom. The SMILES string of the molecule is CC(C)(C)OC(=O)NCCCc1ccc2c(c1)COC2=O. The van der Waals surface area contributed by atoms with E-state index < -0.39 is 11.7 Å². The Hall–Kier alpha value is -2.04. The summed E-state index contributed by atoms with van der Waals surface area (Å²) in [6, 6.07) is 5.73. The summed E-state index contributed by atoms with van der Waals surface area (Å²) < 4.78 is 10.1. The summed E-state index contributed by atoms with van der Waals surface area (Å²) in [6.07, 6.45) is 1.25. The second-order valence-corrected chi connectivity index (χ2v) is 6.10. The second-order valence-electron chi connectivity index (χ2n) is 6.10. The molecule has 0 bridgehead atoms. The van der Waals surface area contributed by atoms with E-state index in [-0.39, 0.29) is 5.97 Å². The molecule has 0 fully saturated rings. The molecular formula is C16H21NO4. The van der Waals surface area contributed by atoms with Crippen LogP contribution in [-0.2, 0) is 22.5 Å². The minimum absolute atomic E-state index is 0.247. The van der Waals surface area contributed by atoms with Crippen LogP contribution in [0.3, 0.4) is 0 Å². The number of benzene rings is 1. The van der Waals surface area contributed by atoms with Gasteiger partial charge in [-0.25, -0.2) is 9.59 Å². The molecule has 1 aliphatic rings. The molecule has 1 N–H and O–H groups in total. The molecule has 5 heteroatoms. The van der Waals surface area contributed by atoms with E-state index in [1.807, 2.05) is 32.9 Å². The highest BCUT2D eigenvalue weighted by atomic mass is 16.6. The predicted octanol–water partition coefficient (Wildman–Crippen LogP) is 2.81. The van der Waals surface area contributed by atoms with Crippen LogP contribution in [0.15, 0.2) is 18.2 Å². The third kappa shape index (κ3) is 4.48. The zero-order chi connectivity index (χ0) is 15.5. The third-order valence-corrected chi connectivity index (χ3v) is 3.06. The number of rotatable bonds is 4. The molecule has 0 aliphatic carbocycles. The number of hydrogen-bond acceptors (Lipinski definition) is 4. The first kappa shape index (κ1) is 15.4. The van der Waals surface area contributed by atoms with E-state index >= 15 is 0 Å². The van der Waals surface area contributed by atoms with E-state index in [4.69, 9.17) is 9.47 Å². The zero-order valence-electron chi connectivity index (χ0n) is 12.7. The maximum atomic E-state index is 11.5. The number of carbonyl (C=O) groups excluding carboxylic acids is 2. The quantitative estimate of drug-likeness (QED) is 0.684. The molecule has 0 spiro atoms. The lowest BCUT2D eigenvalue weighted by Gasteiger charge is -2.19. The molecule has 0 saturated heterocycles. The molecule has 0 saturated carbocycles. The number of fused-ring (bicyclic) bond motifs is 1. The van der Waals surface area contributed by atoms with Crippen molar-refractivity contribution in [1.29, 1.82) is 0 Å². The van der Waals surface area contributed by atoms with E-state index in [0.717, 1.165) is 24.0 Å². The minimum Gasteiger partial charge on any atom is -0.457 e. The van der Waals surface area contributed by atoms with Gasteiger partial charge in [0.05, 0.1) is 5.56 Å². The molecule has 1 amide bonds. The summed E-state index contributed by atoms with van der Waals surface area (Å²) in [7, 11) is 0. The van der Waals surface area contributed by atoms with Gasteiger partial charge in [0, 0.05) is 12.1 Å². The first-order valence-corrected chi connectivity index (χ1v) is 7.11. The van der Waals surface area contributed by atoms with E-state index in [1.165, 1.54) is 0 Å². The average molecular weight is 291 g/mol. The highest BCUT2D eigenvalue weighted by Gasteiger charge is 2.20. The van der Waals surface area contributed by atoms with Crippen molar-refractivity contribution in [2.45, 2.75) is 45.8 Å². The van der Waals surface area contributed by atoms with Crippen LogP contribution in [0, 0.1) is 0 Å². The van der Waals surface area contributed by atoms with Gasteiger partial charge in [0.1, 0.15) is 12.2 Å². The molecule has 0 aromatic heterocycles. The third-order valence-electron chi connectivity index (χ3n) is 3.06. The number of amides is 1. The van der Waals surface area contributed by atoms with Crippen LogP contribution < -0.4 is 5.32 Å². The lowest BCUT2D eigenvalue weighted by molar-refractivity contribution is 0.0520. The number of alkyl carbamates (subject to hydrolysis) is 1. The van der Waals surface area contributed by atoms with Crippen LogP contribution in [0.5, 0.6) is 0 Å². The van der Waals surface area contributed by atoms with Crippen molar-refractivity contribution in [2.24, 2.45) is 0 Å². The number of hydrogen-bond donors (Lipinski definition) is 1. The van der Waals surface area contributed by atoms with Gasteiger partial charge in [0.2, 0.25) is 0 Å². The smallest absolute Gasteiger partial charge is 0.407 e.